The maximum Gasteiger partial charge on any atom is 0.306 e. The van der Waals surface area contributed by atoms with Crippen molar-refractivity contribution in [2.75, 3.05) is 6.61 Å². The minimum absolute atomic E-state index is 0.157. The zero-order valence-corrected chi connectivity index (χ0v) is 21.1. The lowest BCUT2D eigenvalue weighted by atomic mass is 10.1. The summed E-state index contributed by atoms with van der Waals surface area (Å²) in [5, 5.41) is 0. The second kappa shape index (κ2) is 21.3. The van der Waals surface area contributed by atoms with Gasteiger partial charge in [-0.3, -0.25) is 14.4 Å². The Kier molecular flexibility index (Phi) is 20.2. The fourth-order valence-electron chi connectivity index (χ4n) is 3.40. The second-order valence-electron chi connectivity index (χ2n) is 8.72. The molecule has 0 spiro atoms. The molecule has 0 radical (unpaired) electrons. The van der Waals surface area contributed by atoms with Crippen molar-refractivity contribution >= 4 is 17.9 Å². The Hall–Kier alpha value is -1.59. The number of rotatable bonds is 21. The number of unbranched alkanes of at least 4 members (excludes halogenated alkanes) is 6. The van der Waals surface area contributed by atoms with E-state index in [0.29, 0.717) is 51.6 Å². The van der Waals surface area contributed by atoms with Gasteiger partial charge in [0.2, 0.25) is 0 Å². The van der Waals surface area contributed by atoms with Crippen molar-refractivity contribution in [3.05, 3.63) is 0 Å². The summed E-state index contributed by atoms with van der Waals surface area (Å²) in [6, 6.07) is 0. The molecule has 6 nitrogen and oxygen atoms in total. The molecule has 0 aliphatic carbocycles. The summed E-state index contributed by atoms with van der Waals surface area (Å²) < 4.78 is 16.5. The summed E-state index contributed by atoms with van der Waals surface area (Å²) >= 11 is 0. The van der Waals surface area contributed by atoms with Gasteiger partial charge in [0, 0.05) is 19.3 Å². The molecule has 0 aliphatic heterocycles. The number of ether oxygens (including phenoxy) is 3. The van der Waals surface area contributed by atoms with Gasteiger partial charge >= 0.3 is 17.9 Å². The molecular formula is C26H48O6. The van der Waals surface area contributed by atoms with Crippen molar-refractivity contribution in [1.82, 2.24) is 0 Å². The standard InChI is InChI=1S/C26H48O6/c1-5-8-11-16-24(27)30-21-14-15-23(32-26(29)18-13-10-7-3)20-19-22(4)31-25(28)17-12-9-6-2/h22-23H,5-21H2,1-4H3/t22-,23+/m1/s1. The van der Waals surface area contributed by atoms with E-state index in [9.17, 15) is 14.4 Å². The average Bonchev–Trinajstić information content (AvgIpc) is 2.75. The Morgan fingerprint density at radius 3 is 1.62 bits per heavy atom. The zero-order valence-electron chi connectivity index (χ0n) is 21.1. The third kappa shape index (κ3) is 19.1. The molecule has 0 aromatic carbocycles. The summed E-state index contributed by atoms with van der Waals surface area (Å²) in [4.78, 5) is 35.8. The second-order valence-corrected chi connectivity index (χ2v) is 8.72. The van der Waals surface area contributed by atoms with E-state index in [-0.39, 0.29) is 30.1 Å². The average molecular weight is 457 g/mol. The van der Waals surface area contributed by atoms with Crippen LogP contribution in [0.5, 0.6) is 0 Å². The normalized spacial score (nSPS) is 12.8. The third-order valence-corrected chi connectivity index (χ3v) is 5.41. The molecular weight excluding hydrogens is 408 g/mol. The maximum atomic E-state index is 12.2. The highest BCUT2D eigenvalue weighted by molar-refractivity contribution is 5.70. The molecule has 188 valence electrons. The van der Waals surface area contributed by atoms with Crippen LogP contribution in [0.4, 0.5) is 0 Å². The quantitative estimate of drug-likeness (QED) is 0.109. The van der Waals surface area contributed by atoms with Crippen molar-refractivity contribution in [2.24, 2.45) is 0 Å². The molecule has 6 heteroatoms. The van der Waals surface area contributed by atoms with Crippen LogP contribution in [0.15, 0.2) is 0 Å². The van der Waals surface area contributed by atoms with Crippen molar-refractivity contribution in [3.63, 3.8) is 0 Å². The van der Waals surface area contributed by atoms with Crippen molar-refractivity contribution in [1.29, 1.82) is 0 Å². The van der Waals surface area contributed by atoms with Crippen LogP contribution in [0.1, 0.15) is 130 Å². The van der Waals surface area contributed by atoms with Gasteiger partial charge in [0.25, 0.3) is 0 Å². The molecule has 32 heavy (non-hydrogen) atoms. The smallest absolute Gasteiger partial charge is 0.306 e. The number of hydrogen-bond donors (Lipinski definition) is 0. The number of carbonyl (C=O) groups is 3. The lowest BCUT2D eigenvalue weighted by molar-refractivity contribution is -0.153. The molecule has 0 amide bonds. The van der Waals surface area contributed by atoms with E-state index in [1.165, 1.54) is 0 Å². The summed E-state index contributed by atoms with van der Waals surface area (Å²) in [5.74, 6) is -0.492. The largest absolute Gasteiger partial charge is 0.466 e. The van der Waals surface area contributed by atoms with Gasteiger partial charge in [-0.1, -0.05) is 59.3 Å². The third-order valence-electron chi connectivity index (χ3n) is 5.41. The molecule has 2 atom stereocenters. The fourth-order valence-corrected chi connectivity index (χ4v) is 3.40. The molecule has 0 saturated carbocycles. The van der Waals surface area contributed by atoms with Gasteiger partial charge in [0.05, 0.1) is 12.7 Å². The number of carbonyl (C=O) groups excluding carboxylic acids is 3. The van der Waals surface area contributed by atoms with E-state index in [4.69, 9.17) is 14.2 Å². The topological polar surface area (TPSA) is 78.9 Å². The van der Waals surface area contributed by atoms with E-state index in [1.54, 1.807) is 0 Å². The Morgan fingerprint density at radius 1 is 0.594 bits per heavy atom. The van der Waals surface area contributed by atoms with Gasteiger partial charge in [0.15, 0.2) is 0 Å². The van der Waals surface area contributed by atoms with Crippen LogP contribution < -0.4 is 0 Å². The first-order valence-corrected chi connectivity index (χ1v) is 13.0. The summed E-state index contributed by atoms with van der Waals surface area (Å²) in [6.45, 7) is 8.53. The van der Waals surface area contributed by atoms with Gasteiger partial charge in [-0.25, -0.2) is 0 Å². The zero-order chi connectivity index (χ0) is 24.0. The Morgan fingerprint density at radius 2 is 1.09 bits per heavy atom. The van der Waals surface area contributed by atoms with Crippen LogP contribution in [0, 0.1) is 0 Å². The first-order valence-electron chi connectivity index (χ1n) is 13.0. The molecule has 0 bridgehead atoms. The van der Waals surface area contributed by atoms with E-state index >= 15 is 0 Å². The molecule has 0 rings (SSSR count). The van der Waals surface area contributed by atoms with Crippen LogP contribution in [-0.2, 0) is 28.6 Å². The van der Waals surface area contributed by atoms with Crippen LogP contribution in [0.2, 0.25) is 0 Å². The molecule has 0 aliphatic rings. The minimum atomic E-state index is -0.246. The molecule has 0 fully saturated rings. The highest BCUT2D eigenvalue weighted by atomic mass is 16.6. The van der Waals surface area contributed by atoms with E-state index in [2.05, 4.69) is 20.8 Å². The van der Waals surface area contributed by atoms with Gasteiger partial charge in [-0.15, -0.1) is 0 Å². The van der Waals surface area contributed by atoms with Crippen molar-refractivity contribution in [3.8, 4) is 0 Å². The summed E-state index contributed by atoms with van der Waals surface area (Å²) in [7, 11) is 0. The first-order chi connectivity index (χ1) is 15.4. The SMILES string of the molecule is CCCCCC(=O)OCCC[C@@H](CC[C@@H](C)OC(=O)CCCCC)OC(=O)CCCCC. The van der Waals surface area contributed by atoms with Crippen LogP contribution >= 0.6 is 0 Å². The Labute approximate surface area is 196 Å². The number of esters is 3. The summed E-state index contributed by atoms with van der Waals surface area (Å²) in [6.07, 6.45) is 12.3. The van der Waals surface area contributed by atoms with Crippen molar-refractivity contribution < 1.29 is 28.6 Å². The lowest BCUT2D eigenvalue weighted by Gasteiger charge is -2.20. The van der Waals surface area contributed by atoms with Gasteiger partial charge in [-0.2, -0.15) is 0 Å². The first kappa shape index (κ1) is 30.4. The molecule has 0 aromatic heterocycles. The van der Waals surface area contributed by atoms with Gasteiger partial charge in [-0.05, 0) is 51.9 Å². The monoisotopic (exact) mass is 456 g/mol. The minimum Gasteiger partial charge on any atom is -0.466 e. The molecule has 0 saturated heterocycles. The Balaban J connectivity index is 4.39. The van der Waals surface area contributed by atoms with Gasteiger partial charge in [0.1, 0.15) is 6.10 Å². The lowest BCUT2D eigenvalue weighted by Crippen LogP contribution is -2.22. The fraction of sp³-hybridized carbons (Fsp3) is 0.885. The molecule has 0 aromatic rings. The highest BCUT2D eigenvalue weighted by Gasteiger charge is 2.18. The van der Waals surface area contributed by atoms with Crippen molar-refractivity contribution in [2.45, 2.75) is 143 Å². The highest BCUT2D eigenvalue weighted by Crippen LogP contribution is 2.16. The summed E-state index contributed by atoms with van der Waals surface area (Å²) in [5.41, 5.74) is 0. The van der Waals surface area contributed by atoms with E-state index in [1.807, 2.05) is 6.92 Å². The van der Waals surface area contributed by atoms with E-state index < -0.39 is 0 Å². The molecule has 0 N–H and O–H groups in total. The number of hydrogen-bond acceptors (Lipinski definition) is 6. The van der Waals surface area contributed by atoms with Gasteiger partial charge < -0.3 is 14.2 Å². The molecule has 0 unspecified atom stereocenters. The maximum absolute atomic E-state index is 12.2. The van der Waals surface area contributed by atoms with Crippen LogP contribution in [0.3, 0.4) is 0 Å². The van der Waals surface area contributed by atoms with Crippen LogP contribution in [-0.4, -0.2) is 36.7 Å². The van der Waals surface area contributed by atoms with Crippen LogP contribution in [0.25, 0.3) is 0 Å². The molecule has 0 heterocycles. The Bertz CT molecular complexity index is 491. The predicted octanol–water partition coefficient (Wildman–Crippen LogP) is 6.67. The van der Waals surface area contributed by atoms with E-state index in [0.717, 1.165) is 57.8 Å². The predicted molar refractivity (Wildman–Crippen MR) is 127 cm³/mol.